The van der Waals surface area contributed by atoms with E-state index in [2.05, 4.69) is 16.2 Å². The largest absolute Gasteiger partial charge is 0.338 e. The van der Waals surface area contributed by atoms with Gasteiger partial charge in [0.25, 0.3) is 0 Å². The van der Waals surface area contributed by atoms with Crippen LogP contribution in [0.15, 0.2) is 22.0 Å². The third-order valence-electron chi connectivity index (χ3n) is 2.15. The van der Waals surface area contributed by atoms with Crippen LogP contribution in [0.5, 0.6) is 0 Å². The Morgan fingerprint density at radius 3 is 3.00 bits per heavy atom. The molecule has 6 heteroatoms. The minimum absolute atomic E-state index is 0. The summed E-state index contributed by atoms with van der Waals surface area (Å²) < 4.78 is 5.08. The van der Waals surface area contributed by atoms with Gasteiger partial charge in [-0.3, -0.25) is 0 Å². The second kappa shape index (κ2) is 5.98. The monoisotopic (exact) mass is 259 g/mol. The molecular formula is C10H14ClN3OS. The zero-order chi connectivity index (χ0) is 10.7. The van der Waals surface area contributed by atoms with Gasteiger partial charge in [-0.15, -0.1) is 23.7 Å². The van der Waals surface area contributed by atoms with E-state index in [0.29, 0.717) is 11.7 Å². The van der Waals surface area contributed by atoms with Crippen LogP contribution >= 0.6 is 23.7 Å². The Hall–Kier alpha value is -0.910. The van der Waals surface area contributed by atoms with Crippen molar-refractivity contribution < 1.29 is 4.52 Å². The number of hydrogen-bond donors (Lipinski definition) is 1. The highest BCUT2D eigenvalue weighted by molar-refractivity contribution is 7.09. The van der Waals surface area contributed by atoms with Gasteiger partial charge in [0.2, 0.25) is 5.89 Å². The topological polar surface area (TPSA) is 64.9 Å². The van der Waals surface area contributed by atoms with Crippen molar-refractivity contribution in [1.82, 2.24) is 10.1 Å². The first-order chi connectivity index (χ1) is 7.29. The molecule has 2 heterocycles. The summed E-state index contributed by atoms with van der Waals surface area (Å²) in [4.78, 5) is 5.49. The number of nitrogens with zero attached hydrogens (tertiary/aromatic N) is 2. The third-order valence-corrected chi connectivity index (χ3v) is 3.03. The van der Waals surface area contributed by atoms with Gasteiger partial charge in [-0.2, -0.15) is 4.98 Å². The molecule has 0 aliphatic rings. The maximum absolute atomic E-state index is 5.79. The first-order valence-corrected chi connectivity index (χ1v) is 5.78. The Morgan fingerprint density at radius 2 is 2.38 bits per heavy atom. The summed E-state index contributed by atoms with van der Waals surface area (Å²) >= 11 is 1.69. The highest BCUT2D eigenvalue weighted by Crippen LogP contribution is 2.15. The highest BCUT2D eigenvalue weighted by Gasteiger charge is 2.12. The molecule has 0 fully saturated rings. The molecule has 16 heavy (non-hydrogen) atoms. The van der Waals surface area contributed by atoms with E-state index in [1.165, 1.54) is 4.88 Å². The summed E-state index contributed by atoms with van der Waals surface area (Å²) in [5.74, 6) is 1.24. The quantitative estimate of drug-likeness (QED) is 0.917. The molecule has 0 bridgehead atoms. The Balaban J connectivity index is 0.00000128. The SMILES string of the molecule is CC[C@H](N)c1nc(Cc2cccs2)no1.Cl. The lowest BCUT2D eigenvalue weighted by molar-refractivity contribution is 0.349. The Labute approximate surface area is 104 Å². The molecule has 0 saturated carbocycles. The van der Waals surface area contributed by atoms with Gasteiger partial charge in [0.15, 0.2) is 5.82 Å². The molecule has 0 spiro atoms. The minimum atomic E-state index is -0.144. The predicted molar refractivity (Wildman–Crippen MR) is 65.9 cm³/mol. The van der Waals surface area contributed by atoms with Gasteiger partial charge in [0.1, 0.15) is 0 Å². The zero-order valence-corrected chi connectivity index (χ0v) is 10.6. The number of halogens is 1. The first kappa shape index (κ1) is 13.2. The standard InChI is InChI=1S/C10H13N3OS.ClH/c1-2-8(11)10-12-9(13-14-10)6-7-4-3-5-15-7;/h3-5,8H,2,6,11H2,1H3;1H/t8-;/m0./s1. The molecule has 1 atom stereocenters. The maximum Gasteiger partial charge on any atom is 0.243 e. The third kappa shape index (κ3) is 3.04. The number of thiophene rings is 1. The van der Waals surface area contributed by atoms with E-state index in [9.17, 15) is 0 Å². The summed E-state index contributed by atoms with van der Waals surface area (Å²) in [6.45, 7) is 1.99. The average molecular weight is 260 g/mol. The van der Waals surface area contributed by atoms with Crippen molar-refractivity contribution in [3.8, 4) is 0 Å². The Kier molecular flexibility index (Phi) is 4.92. The van der Waals surface area contributed by atoms with Crippen molar-refractivity contribution in [2.45, 2.75) is 25.8 Å². The van der Waals surface area contributed by atoms with Crippen molar-refractivity contribution in [3.05, 3.63) is 34.1 Å². The van der Waals surface area contributed by atoms with Gasteiger partial charge in [0.05, 0.1) is 6.04 Å². The lowest BCUT2D eigenvalue weighted by atomic mass is 10.2. The van der Waals surface area contributed by atoms with E-state index < -0.39 is 0 Å². The van der Waals surface area contributed by atoms with Crippen LogP contribution in [-0.2, 0) is 6.42 Å². The Bertz CT molecular complexity index is 415. The normalized spacial score (nSPS) is 12.1. The van der Waals surface area contributed by atoms with Crippen LogP contribution in [0.4, 0.5) is 0 Å². The molecule has 0 aliphatic heterocycles. The number of nitrogens with two attached hydrogens (primary N) is 1. The van der Waals surface area contributed by atoms with E-state index in [1.54, 1.807) is 11.3 Å². The summed E-state index contributed by atoms with van der Waals surface area (Å²) in [5.41, 5.74) is 5.79. The molecule has 2 N–H and O–H groups in total. The first-order valence-electron chi connectivity index (χ1n) is 4.90. The zero-order valence-electron chi connectivity index (χ0n) is 8.92. The fourth-order valence-electron chi connectivity index (χ4n) is 1.23. The van der Waals surface area contributed by atoms with Crippen molar-refractivity contribution in [2.75, 3.05) is 0 Å². The van der Waals surface area contributed by atoms with Crippen molar-refractivity contribution in [3.63, 3.8) is 0 Å². The van der Waals surface area contributed by atoms with Crippen LogP contribution in [0.2, 0.25) is 0 Å². The van der Waals surface area contributed by atoms with Crippen LogP contribution in [0.1, 0.15) is 36.0 Å². The molecular weight excluding hydrogens is 246 g/mol. The van der Waals surface area contributed by atoms with Crippen molar-refractivity contribution in [1.29, 1.82) is 0 Å². The second-order valence-corrected chi connectivity index (χ2v) is 4.35. The molecule has 2 aromatic heterocycles. The van der Waals surface area contributed by atoms with Crippen LogP contribution < -0.4 is 5.73 Å². The molecule has 0 unspecified atom stereocenters. The molecule has 0 radical (unpaired) electrons. The van der Waals surface area contributed by atoms with Crippen LogP contribution in [0, 0.1) is 0 Å². The van der Waals surface area contributed by atoms with E-state index in [4.69, 9.17) is 10.3 Å². The summed E-state index contributed by atoms with van der Waals surface area (Å²) in [5, 5.41) is 5.94. The van der Waals surface area contributed by atoms with Gasteiger partial charge >= 0.3 is 0 Å². The van der Waals surface area contributed by atoms with E-state index in [1.807, 2.05) is 18.4 Å². The number of hydrogen-bond acceptors (Lipinski definition) is 5. The molecule has 4 nitrogen and oxygen atoms in total. The summed E-state index contributed by atoms with van der Waals surface area (Å²) in [7, 11) is 0. The summed E-state index contributed by atoms with van der Waals surface area (Å²) in [6.07, 6.45) is 1.53. The smallest absolute Gasteiger partial charge is 0.243 e. The molecule has 0 aromatic carbocycles. The van der Waals surface area contributed by atoms with Gasteiger partial charge in [-0.1, -0.05) is 18.1 Å². The maximum atomic E-state index is 5.79. The fourth-order valence-corrected chi connectivity index (χ4v) is 1.94. The van der Waals surface area contributed by atoms with Crippen LogP contribution in [0.3, 0.4) is 0 Å². The predicted octanol–water partition coefficient (Wildman–Crippen LogP) is 2.55. The summed E-state index contributed by atoms with van der Waals surface area (Å²) in [6, 6.07) is 3.92. The molecule has 2 rings (SSSR count). The molecule has 2 aromatic rings. The van der Waals surface area contributed by atoms with Crippen LogP contribution in [-0.4, -0.2) is 10.1 Å². The average Bonchev–Trinajstić information content (AvgIpc) is 2.88. The molecule has 0 aliphatic carbocycles. The lowest BCUT2D eigenvalue weighted by Crippen LogP contribution is -2.08. The lowest BCUT2D eigenvalue weighted by Gasteiger charge is -1.98. The molecule has 88 valence electrons. The van der Waals surface area contributed by atoms with Crippen molar-refractivity contribution >= 4 is 23.7 Å². The van der Waals surface area contributed by atoms with E-state index in [-0.39, 0.29) is 18.4 Å². The number of aromatic nitrogens is 2. The fraction of sp³-hybridized carbons (Fsp3) is 0.400. The van der Waals surface area contributed by atoms with Crippen molar-refractivity contribution in [2.24, 2.45) is 5.73 Å². The molecule has 0 saturated heterocycles. The van der Waals surface area contributed by atoms with E-state index >= 15 is 0 Å². The highest BCUT2D eigenvalue weighted by atomic mass is 35.5. The second-order valence-electron chi connectivity index (χ2n) is 3.32. The molecule has 0 amide bonds. The Morgan fingerprint density at radius 1 is 1.56 bits per heavy atom. The number of rotatable bonds is 4. The van der Waals surface area contributed by atoms with Gasteiger partial charge in [0, 0.05) is 11.3 Å². The van der Waals surface area contributed by atoms with Gasteiger partial charge < -0.3 is 10.3 Å². The minimum Gasteiger partial charge on any atom is -0.338 e. The van der Waals surface area contributed by atoms with Gasteiger partial charge in [-0.05, 0) is 17.9 Å². The van der Waals surface area contributed by atoms with Crippen LogP contribution in [0.25, 0.3) is 0 Å². The van der Waals surface area contributed by atoms with E-state index in [0.717, 1.165) is 12.8 Å². The van der Waals surface area contributed by atoms with Gasteiger partial charge in [-0.25, -0.2) is 0 Å².